The fourth-order valence-electron chi connectivity index (χ4n) is 2.82. The van der Waals surface area contributed by atoms with E-state index in [1.165, 1.54) is 0 Å². The summed E-state index contributed by atoms with van der Waals surface area (Å²) in [4.78, 5) is 0. The molecule has 0 aliphatic rings. The summed E-state index contributed by atoms with van der Waals surface area (Å²) in [5.41, 5.74) is 1.78. The van der Waals surface area contributed by atoms with Gasteiger partial charge in [-0.05, 0) is 44.2 Å². The first-order valence-corrected chi connectivity index (χ1v) is 8.48. The number of hydrogen-bond donors (Lipinski definition) is 1. The Morgan fingerprint density at radius 2 is 1.69 bits per heavy atom. The molecule has 0 amide bonds. The molecule has 4 rings (SSSR count). The highest BCUT2D eigenvalue weighted by atomic mass is 16.5. The third-order valence-corrected chi connectivity index (χ3v) is 4.14. The molecule has 0 saturated carbocycles. The first kappa shape index (κ1) is 16.1. The fraction of sp³-hybridized carbons (Fsp3) is 0.150. The van der Waals surface area contributed by atoms with Gasteiger partial charge in [-0.1, -0.05) is 36.4 Å². The third-order valence-electron chi connectivity index (χ3n) is 4.14. The maximum absolute atomic E-state index is 6.06. The fourth-order valence-corrected chi connectivity index (χ4v) is 2.82. The lowest BCUT2D eigenvalue weighted by atomic mass is 10.1. The van der Waals surface area contributed by atoms with Crippen LogP contribution in [0.2, 0.25) is 0 Å². The quantitative estimate of drug-likeness (QED) is 0.581. The molecule has 0 radical (unpaired) electrons. The molecular formula is C20H19N5O. The molecule has 2 aromatic carbocycles. The molecule has 0 aliphatic heterocycles. The van der Waals surface area contributed by atoms with Gasteiger partial charge in [0.1, 0.15) is 17.3 Å². The van der Waals surface area contributed by atoms with E-state index in [0.717, 1.165) is 34.4 Å². The molecule has 4 aromatic rings. The van der Waals surface area contributed by atoms with E-state index in [1.54, 1.807) is 4.52 Å². The number of anilines is 1. The summed E-state index contributed by atoms with van der Waals surface area (Å²) < 4.78 is 7.78. The number of hydrogen-bond acceptors (Lipinski definition) is 5. The topological polar surface area (TPSA) is 64.3 Å². The van der Waals surface area contributed by atoms with Crippen molar-refractivity contribution >= 4 is 11.5 Å². The van der Waals surface area contributed by atoms with Crippen LogP contribution < -0.4 is 10.1 Å². The molecule has 2 heterocycles. The van der Waals surface area contributed by atoms with Gasteiger partial charge in [-0.25, -0.2) is 0 Å². The Morgan fingerprint density at radius 3 is 2.54 bits per heavy atom. The van der Waals surface area contributed by atoms with Crippen LogP contribution in [0, 0.1) is 6.92 Å². The lowest BCUT2D eigenvalue weighted by Crippen LogP contribution is -2.10. The molecule has 6 nitrogen and oxygen atoms in total. The normalized spacial score (nSPS) is 12.1. The first-order chi connectivity index (χ1) is 12.7. The van der Waals surface area contributed by atoms with Gasteiger partial charge in [-0.2, -0.15) is 4.52 Å². The van der Waals surface area contributed by atoms with Gasteiger partial charge in [0.15, 0.2) is 11.5 Å². The van der Waals surface area contributed by atoms with Crippen molar-refractivity contribution in [2.45, 2.75) is 19.9 Å². The summed E-state index contributed by atoms with van der Waals surface area (Å²) in [6.45, 7) is 3.96. The Bertz CT molecular complexity index is 1030. The van der Waals surface area contributed by atoms with E-state index in [1.807, 2.05) is 67.6 Å². The summed E-state index contributed by atoms with van der Waals surface area (Å²) in [6.07, 6.45) is 0. The number of aryl methyl sites for hydroxylation is 1. The van der Waals surface area contributed by atoms with Crippen molar-refractivity contribution < 1.29 is 4.74 Å². The van der Waals surface area contributed by atoms with Gasteiger partial charge >= 0.3 is 0 Å². The van der Waals surface area contributed by atoms with E-state index in [9.17, 15) is 0 Å². The van der Waals surface area contributed by atoms with Crippen LogP contribution in [-0.4, -0.2) is 19.8 Å². The van der Waals surface area contributed by atoms with Crippen molar-refractivity contribution in [2.75, 3.05) is 5.32 Å². The summed E-state index contributed by atoms with van der Waals surface area (Å²) in [5, 5.41) is 16.1. The Hall–Kier alpha value is -3.41. The third kappa shape index (κ3) is 3.21. The number of para-hydroxylation sites is 2. The molecule has 0 saturated heterocycles. The number of rotatable bonds is 5. The minimum absolute atomic E-state index is 0.0108. The minimum Gasteiger partial charge on any atom is -0.457 e. The van der Waals surface area contributed by atoms with Gasteiger partial charge < -0.3 is 10.1 Å². The second kappa shape index (κ2) is 6.84. The Labute approximate surface area is 151 Å². The molecule has 26 heavy (non-hydrogen) atoms. The summed E-state index contributed by atoms with van der Waals surface area (Å²) in [7, 11) is 0. The molecule has 0 bridgehead atoms. The van der Waals surface area contributed by atoms with Crippen LogP contribution in [0.25, 0.3) is 5.65 Å². The highest BCUT2D eigenvalue weighted by Gasteiger charge is 2.13. The zero-order valence-corrected chi connectivity index (χ0v) is 14.6. The summed E-state index contributed by atoms with van der Waals surface area (Å²) in [6, 6.07) is 21.6. The van der Waals surface area contributed by atoms with Crippen molar-refractivity contribution in [1.82, 2.24) is 19.8 Å². The van der Waals surface area contributed by atoms with Crippen molar-refractivity contribution in [3.05, 3.63) is 78.1 Å². The molecule has 0 aliphatic carbocycles. The largest absolute Gasteiger partial charge is 0.457 e. The smallest absolute Gasteiger partial charge is 0.178 e. The Morgan fingerprint density at radius 1 is 0.923 bits per heavy atom. The highest BCUT2D eigenvalue weighted by Crippen LogP contribution is 2.30. The van der Waals surface area contributed by atoms with E-state index in [0.29, 0.717) is 0 Å². The zero-order chi connectivity index (χ0) is 17.9. The van der Waals surface area contributed by atoms with Crippen molar-refractivity contribution in [1.29, 1.82) is 0 Å². The SMILES string of the molecule is Cc1nnc2ccc(NC(C)c3ccccc3Oc3ccccc3)nn12. The lowest BCUT2D eigenvalue weighted by Gasteiger charge is -2.18. The van der Waals surface area contributed by atoms with Crippen molar-refractivity contribution in [3.8, 4) is 11.5 Å². The molecule has 1 N–H and O–H groups in total. The van der Waals surface area contributed by atoms with E-state index in [2.05, 4.69) is 33.6 Å². The zero-order valence-electron chi connectivity index (χ0n) is 14.6. The van der Waals surface area contributed by atoms with Crippen LogP contribution in [0.3, 0.4) is 0 Å². The van der Waals surface area contributed by atoms with Gasteiger partial charge in [0.05, 0.1) is 6.04 Å². The van der Waals surface area contributed by atoms with E-state index in [4.69, 9.17) is 4.74 Å². The predicted molar refractivity (Wildman–Crippen MR) is 101 cm³/mol. The molecule has 1 atom stereocenters. The van der Waals surface area contributed by atoms with Gasteiger partial charge in [0.2, 0.25) is 0 Å². The van der Waals surface area contributed by atoms with E-state index >= 15 is 0 Å². The monoisotopic (exact) mass is 345 g/mol. The molecule has 0 spiro atoms. The van der Waals surface area contributed by atoms with Crippen molar-refractivity contribution in [2.24, 2.45) is 0 Å². The van der Waals surface area contributed by atoms with Crippen LogP contribution in [0.1, 0.15) is 24.4 Å². The molecule has 2 aromatic heterocycles. The van der Waals surface area contributed by atoms with Crippen LogP contribution in [0.4, 0.5) is 5.82 Å². The van der Waals surface area contributed by atoms with Crippen molar-refractivity contribution in [3.63, 3.8) is 0 Å². The van der Waals surface area contributed by atoms with Gasteiger partial charge in [0.25, 0.3) is 0 Å². The second-order valence-corrected chi connectivity index (χ2v) is 6.05. The number of nitrogens with zero attached hydrogens (tertiary/aromatic N) is 4. The van der Waals surface area contributed by atoms with Gasteiger partial charge in [-0.3, -0.25) is 0 Å². The predicted octanol–water partition coefficient (Wildman–Crippen LogP) is 4.40. The molecule has 6 heteroatoms. The minimum atomic E-state index is 0.0108. The number of benzene rings is 2. The van der Waals surface area contributed by atoms with Crippen LogP contribution in [0.15, 0.2) is 66.7 Å². The Balaban J connectivity index is 1.59. The average Bonchev–Trinajstić information content (AvgIpc) is 3.03. The van der Waals surface area contributed by atoms with Crippen LogP contribution in [0.5, 0.6) is 11.5 Å². The first-order valence-electron chi connectivity index (χ1n) is 8.48. The standard InChI is InChI=1S/C20H19N5O/c1-14(21-19-12-13-20-23-22-15(2)25(20)24-19)17-10-6-7-11-18(17)26-16-8-4-3-5-9-16/h3-14H,1-2H3,(H,21,24). The number of aromatic nitrogens is 4. The number of ether oxygens (including phenoxy) is 1. The maximum Gasteiger partial charge on any atom is 0.178 e. The van der Waals surface area contributed by atoms with E-state index < -0.39 is 0 Å². The molecule has 130 valence electrons. The number of nitrogens with one attached hydrogen (secondary N) is 1. The van der Waals surface area contributed by atoms with Crippen LogP contribution in [-0.2, 0) is 0 Å². The summed E-state index contributed by atoms with van der Waals surface area (Å²) >= 11 is 0. The molecule has 0 fully saturated rings. The lowest BCUT2D eigenvalue weighted by molar-refractivity contribution is 0.473. The highest BCUT2D eigenvalue weighted by molar-refractivity contribution is 5.47. The summed E-state index contributed by atoms with van der Waals surface area (Å²) in [5.74, 6) is 3.14. The van der Waals surface area contributed by atoms with Gasteiger partial charge in [0, 0.05) is 5.56 Å². The average molecular weight is 345 g/mol. The molecule has 1 unspecified atom stereocenters. The maximum atomic E-state index is 6.06. The van der Waals surface area contributed by atoms with E-state index in [-0.39, 0.29) is 6.04 Å². The second-order valence-electron chi connectivity index (χ2n) is 6.05. The van der Waals surface area contributed by atoms with Gasteiger partial charge in [-0.15, -0.1) is 15.3 Å². The number of fused-ring (bicyclic) bond motifs is 1. The Kier molecular flexibility index (Phi) is 4.23. The van der Waals surface area contributed by atoms with Crippen LogP contribution >= 0.6 is 0 Å². The molecular weight excluding hydrogens is 326 g/mol.